The van der Waals surface area contributed by atoms with E-state index in [-0.39, 0.29) is 35.3 Å². The molecule has 0 aliphatic heterocycles. The lowest BCUT2D eigenvalue weighted by molar-refractivity contribution is -0.385. The Morgan fingerprint density at radius 3 is 2.60 bits per heavy atom. The first-order valence-electron chi connectivity index (χ1n) is 5.52. The molecule has 1 aromatic carbocycles. The van der Waals surface area contributed by atoms with E-state index in [1.54, 1.807) is 0 Å². The minimum Gasteiger partial charge on any atom is -0.398 e. The van der Waals surface area contributed by atoms with E-state index in [9.17, 15) is 23.3 Å². The van der Waals surface area contributed by atoms with Crippen molar-refractivity contribution in [3.63, 3.8) is 0 Å². The fourth-order valence-electron chi connectivity index (χ4n) is 1.37. The number of rotatable bonds is 6. The second-order valence-electron chi connectivity index (χ2n) is 3.86. The molecule has 0 saturated heterocycles. The number of benzene rings is 1. The van der Waals surface area contributed by atoms with Crippen LogP contribution in [0.15, 0.2) is 23.1 Å². The predicted octanol–water partition coefficient (Wildman–Crippen LogP) is -0.409. The van der Waals surface area contributed by atoms with Crippen molar-refractivity contribution in [3.8, 4) is 0 Å². The Hall–Kier alpha value is -2.20. The lowest BCUT2D eigenvalue weighted by atomic mass is 10.3. The molecule has 0 fully saturated rings. The monoisotopic (exact) mass is 302 g/mol. The van der Waals surface area contributed by atoms with Crippen LogP contribution in [0.25, 0.3) is 0 Å². The van der Waals surface area contributed by atoms with E-state index in [0.717, 1.165) is 18.2 Å². The Bertz CT molecular complexity index is 629. The number of nitrogens with one attached hydrogen (secondary N) is 2. The van der Waals surface area contributed by atoms with E-state index in [4.69, 9.17) is 5.73 Å². The van der Waals surface area contributed by atoms with Crippen molar-refractivity contribution in [3.05, 3.63) is 28.3 Å². The first kappa shape index (κ1) is 15.9. The van der Waals surface area contributed by atoms with E-state index in [0.29, 0.717) is 0 Å². The number of sulfonamides is 1. The van der Waals surface area contributed by atoms with Crippen molar-refractivity contribution in [2.24, 2.45) is 0 Å². The second kappa shape index (κ2) is 6.30. The zero-order valence-electron chi connectivity index (χ0n) is 10.6. The summed E-state index contributed by atoms with van der Waals surface area (Å²) in [5.74, 6) is -0.293. The number of nitro benzene ring substituents is 1. The molecule has 1 aromatic rings. The SMILES string of the molecule is CC(=O)NCCNS(=O)(=O)c1cc([N+](=O)[O-])ccc1N. The molecule has 4 N–H and O–H groups in total. The summed E-state index contributed by atoms with van der Waals surface area (Å²) in [4.78, 5) is 20.2. The maximum absolute atomic E-state index is 11.9. The summed E-state index contributed by atoms with van der Waals surface area (Å²) in [5.41, 5.74) is 5.05. The van der Waals surface area contributed by atoms with Gasteiger partial charge in [0.1, 0.15) is 4.90 Å². The van der Waals surface area contributed by atoms with E-state index < -0.39 is 14.9 Å². The molecule has 0 aromatic heterocycles. The van der Waals surface area contributed by atoms with Crippen LogP contribution in [0, 0.1) is 10.1 Å². The normalized spacial score (nSPS) is 11.1. The molecule has 10 heteroatoms. The van der Waals surface area contributed by atoms with Crippen molar-refractivity contribution in [1.82, 2.24) is 10.0 Å². The number of hydrogen-bond donors (Lipinski definition) is 3. The van der Waals surface area contributed by atoms with Gasteiger partial charge in [-0.2, -0.15) is 0 Å². The Balaban J connectivity index is 2.89. The van der Waals surface area contributed by atoms with Crippen LogP contribution in [0.5, 0.6) is 0 Å². The number of nitrogens with two attached hydrogens (primary N) is 1. The van der Waals surface area contributed by atoms with Crippen LogP contribution in [-0.4, -0.2) is 32.3 Å². The molecule has 0 aliphatic carbocycles. The van der Waals surface area contributed by atoms with Gasteiger partial charge in [-0.15, -0.1) is 0 Å². The highest BCUT2D eigenvalue weighted by Gasteiger charge is 2.20. The number of carbonyl (C=O) groups excluding carboxylic acids is 1. The molecule has 0 atom stereocenters. The molecule has 9 nitrogen and oxygen atoms in total. The first-order valence-corrected chi connectivity index (χ1v) is 7.00. The van der Waals surface area contributed by atoms with Gasteiger partial charge in [-0.25, -0.2) is 13.1 Å². The number of nitrogen functional groups attached to an aromatic ring is 1. The molecule has 0 aliphatic rings. The van der Waals surface area contributed by atoms with Crippen LogP contribution in [0.3, 0.4) is 0 Å². The number of anilines is 1. The van der Waals surface area contributed by atoms with Crippen LogP contribution in [0.4, 0.5) is 11.4 Å². The lowest BCUT2D eigenvalue weighted by Crippen LogP contribution is -2.34. The highest BCUT2D eigenvalue weighted by atomic mass is 32.2. The molecule has 0 bridgehead atoms. The van der Waals surface area contributed by atoms with Gasteiger partial charge in [0.25, 0.3) is 5.69 Å². The van der Waals surface area contributed by atoms with Crippen molar-refractivity contribution >= 4 is 27.3 Å². The van der Waals surface area contributed by atoms with Gasteiger partial charge in [-0.3, -0.25) is 14.9 Å². The largest absolute Gasteiger partial charge is 0.398 e. The summed E-state index contributed by atoms with van der Waals surface area (Å²) < 4.78 is 26.1. The zero-order valence-corrected chi connectivity index (χ0v) is 11.4. The summed E-state index contributed by atoms with van der Waals surface area (Å²) >= 11 is 0. The number of nitrogens with zero attached hydrogens (tertiary/aromatic N) is 1. The third-order valence-corrected chi connectivity index (χ3v) is 3.81. The number of carbonyl (C=O) groups is 1. The van der Waals surface area contributed by atoms with Crippen LogP contribution < -0.4 is 15.8 Å². The van der Waals surface area contributed by atoms with Crippen molar-refractivity contribution in [2.45, 2.75) is 11.8 Å². The van der Waals surface area contributed by atoms with E-state index >= 15 is 0 Å². The molecular formula is C10H14N4O5S. The Morgan fingerprint density at radius 2 is 2.05 bits per heavy atom. The standard InChI is InChI=1S/C10H14N4O5S/c1-7(15)12-4-5-13-20(18,19)10-6-8(14(16)17)2-3-9(10)11/h2-3,6,13H,4-5,11H2,1H3,(H,12,15). The van der Waals surface area contributed by atoms with Gasteiger partial charge in [0.15, 0.2) is 0 Å². The first-order chi connectivity index (χ1) is 9.24. The molecule has 20 heavy (non-hydrogen) atoms. The average Bonchev–Trinajstić information content (AvgIpc) is 2.34. The third-order valence-electron chi connectivity index (χ3n) is 2.29. The second-order valence-corrected chi connectivity index (χ2v) is 5.60. The molecule has 0 unspecified atom stereocenters. The Labute approximate surface area is 115 Å². The molecule has 1 rings (SSSR count). The predicted molar refractivity (Wildman–Crippen MR) is 71.4 cm³/mol. The topological polar surface area (TPSA) is 144 Å². The highest BCUT2D eigenvalue weighted by Crippen LogP contribution is 2.23. The molecule has 110 valence electrons. The van der Waals surface area contributed by atoms with Gasteiger partial charge >= 0.3 is 0 Å². The lowest BCUT2D eigenvalue weighted by Gasteiger charge is -2.09. The summed E-state index contributed by atoms with van der Waals surface area (Å²) in [6.07, 6.45) is 0. The summed E-state index contributed by atoms with van der Waals surface area (Å²) in [5, 5.41) is 13.0. The van der Waals surface area contributed by atoms with Crippen LogP contribution in [0.1, 0.15) is 6.92 Å². The number of amides is 1. The van der Waals surface area contributed by atoms with E-state index in [1.807, 2.05) is 0 Å². The molecule has 1 amide bonds. The molecule has 0 spiro atoms. The van der Waals surface area contributed by atoms with Gasteiger partial charge in [0, 0.05) is 32.1 Å². The maximum atomic E-state index is 11.9. The number of hydrogen-bond acceptors (Lipinski definition) is 6. The number of nitro groups is 1. The van der Waals surface area contributed by atoms with Crippen LogP contribution >= 0.6 is 0 Å². The molecular weight excluding hydrogens is 288 g/mol. The third kappa shape index (κ3) is 4.17. The molecule has 0 heterocycles. The van der Waals surface area contributed by atoms with Crippen molar-refractivity contribution in [1.29, 1.82) is 0 Å². The van der Waals surface area contributed by atoms with Gasteiger partial charge in [-0.05, 0) is 6.07 Å². The Morgan fingerprint density at radius 1 is 1.40 bits per heavy atom. The Kier molecular flexibility index (Phi) is 5.00. The quantitative estimate of drug-likeness (QED) is 0.282. The summed E-state index contributed by atoms with van der Waals surface area (Å²) in [6, 6.07) is 3.16. The molecule has 0 saturated carbocycles. The van der Waals surface area contributed by atoms with Gasteiger partial charge < -0.3 is 11.1 Å². The van der Waals surface area contributed by atoms with E-state index in [1.165, 1.54) is 6.92 Å². The average molecular weight is 302 g/mol. The smallest absolute Gasteiger partial charge is 0.270 e. The minimum atomic E-state index is -3.98. The van der Waals surface area contributed by atoms with Crippen molar-refractivity contribution < 1.29 is 18.1 Å². The molecule has 0 radical (unpaired) electrons. The van der Waals surface area contributed by atoms with Gasteiger partial charge in [0.05, 0.1) is 10.6 Å². The highest BCUT2D eigenvalue weighted by molar-refractivity contribution is 7.89. The maximum Gasteiger partial charge on any atom is 0.270 e. The van der Waals surface area contributed by atoms with Crippen LogP contribution in [-0.2, 0) is 14.8 Å². The minimum absolute atomic E-state index is 0.0515. The fourth-order valence-corrected chi connectivity index (χ4v) is 2.55. The van der Waals surface area contributed by atoms with Crippen LogP contribution in [0.2, 0.25) is 0 Å². The van der Waals surface area contributed by atoms with Gasteiger partial charge in [0.2, 0.25) is 15.9 Å². The van der Waals surface area contributed by atoms with Gasteiger partial charge in [-0.1, -0.05) is 0 Å². The number of non-ortho nitro benzene ring substituents is 1. The fraction of sp³-hybridized carbons (Fsp3) is 0.300. The summed E-state index contributed by atoms with van der Waals surface area (Å²) in [7, 11) is -3.98. The van der Waals surface area contributed by atoms with Crippen molar-refractivity contribution in [2.75, 3.05) is 18.8 Å². The summed E-state index contributed by atoms with van der Waals surface area (Å²) in [6.45, 7) is 1.35. The zero-order chi connectivity index (χ0) is 15.3. The van der Waals surface area contributed by atoms with E-state index in [2.05, 4.69) is 10.0 Å².